The van der Waals surface area contributed by atoms with Gasteiger partial charge in [0.1, 0.15) is 22.9 Å². The summed E-state index contributed by atoms with van der Waals surface area (Å²) in [5.74, 6) is -1.52. The molecule has 1 unspecified atom stereocenters. The second kappa shape index (κ2) is 11.9. The standard InChI is InChI=1S/C28H31NO7S/c1-20-13-15-24(16-14-20)37(32,33)36-23-12-8-11-22(17-23)25(18-29-27(31)35-28(2,3)4)26(30)34-19-21-9-6-5-7-10-21/h5-17,25H,18-19H2,1-4H3,(H,29,31). The number of nitrogens with one attached hydrogen (secondary N) is 1. The number of benzene rings is 3. The zero-order chi connectivity index (χ0) is 27.1. The predicted molar refractivity (Wildman–Crippen MR) is 139 cm³/mol. The van der Waals surface area contributed by atoms with Gasteiger partial charge >= 0.3 is 22.2 Å². The van der Waals surface area contributed by atoms with E-state index in [9.17, 15) is 18.0 Å². The van der Waals surface area contributed by atoms with Crippen molar-refractivity contribution in [3.05, 3.63) is 95.6 Å². The number of ether oxygens (including phenoxy) is 2. The third-order valence-corrected chi connectivity index (χ3v) is 6.40. The molecule has 1 atom stereocenters. The van der Waals surface area contributed by atoms with Crippen molar-refractivity contribution in [3.8, 4) is 5.75 Å². The molecule has 0 spiro atoms. The number of esters is 1. The van der Waals surface area contributed by atoms with Gasteiger partial charge in [0, 0.05) is 6.54 Å². The Morgan fingerprint density at radius 1 is 0.919 bits per heavy atom. The number of aryl methyl sites for hydroxylation is 1. The van der Waals surface area contributed by atoms with Crippen LogP contribution in [0, 0.1) is 6.92 Å². The molecule has 1 amide bonds. The molecule has 0 aliphatic carbocycles. The summed E-state index contributed by atoms with van der Waals surface area (Å²) in [6.07, 6.45) is -0.692. The van der Waals surface area contributed by atoms with E-state index < -0.39 is 33.7 Å². The van der Waals surface area contributed by atoms with E-state index in [4.69, 9.17) is 13.7 Å². The molecule has 0 radical (unpaired) electrons. The van der Waals surface area contributed by atoms with Gasteiger partial charge in [0.15, 0.2) is 0 Å². The summed E-state index contributed by atoms with van der Waals surface area (Å²) in [4.78, 5) is 25.3. The molecule has 0 saturated carbocycles. The molecule has 1 N–H and O–H groups in total. The Bertz CT molecular complexity index is 1310. The Morgan fingerprint density at radius 3 is 2.24 bits per heavy atom. The number of amides is 1. The van der Waals surface area contributed by atoms with E-state index >= 15 is 0 Å². The highest BCUT2D eigenvalue weighted by atomic mass is 32.2. The number of rotatable bonds is 9. The zero-order valence-electron chi connectivity index (χ0n) is 21.3. The Balaban J connectivity index is 1.81. The number of carbonyl (C=O) groups is 2. The number of carbonyl (C=O) groups excluding carboxylic acids is 2. The molecular formula is C28H31NO7S. The Morgan fingerprint density at radius 2 is 1.59 bits per heavy atom. The predicted octanol–water partition coefficient (Wildman–Crippen LogP) is 5.11. The fourth-order valence-corrected chi connectivity index (χ4v) is 4.25. The minimum Gasteiger partial charge on any atom is -0.460 e. The Hall–Kier alpha value is -3.85. The van der Waals surface area contributed by atoms with Gasteiger partial charge in [-0.1, -0.05) is 60.2 Å². The van der Waals surface area contributed by atoms with Crippen LogP contribution in [0.4, 0.5) is 4.79 Å². The summed E-state index contributed by atoms with van der Waals surface area (Å²) in [5.41, 5.74) is 1.41. The van der Waals surface area contributed by atoms with E-state index in [-0.39, 0.29) is 23.8 Å². The minimum atomic E-state index is -4.09. The minimum absolute atomic E-state index is 0.00826. The molecule has 196 valence electrons. The van der Waals surface area contributed by atoms with Gasteiger partial charge < -0.3 is 19.0 Å². The van der Waals surface area contributed by atoms with E-state index in [1.165, 1.54) is 24.3 Å². The average Bonchev–Trinajstić information content (AvgIpc) is 2.82. The van der Waals surface area contributed by atoms with Crippen LogP contribution in [-0.2, 0) is 31.0 Å². The van der Waals surface area contributed by atoms with Crippen LogP contribution >= 0.6 is 0 Å². The van der Waals surface area contributed by atoms with Crippen LogP contribution in [0.3, 0.4) is 0 Å². The summed E-state index contributed by atoms with van der Waals surface area (Å²) >= 11 is 0. The van der Waals surface area contributed by atoms with Crippen molar-refractivity contribution in [1.82, 2.24) is 5.32 Å². The molecule has 0 heterocycles. The Kier molecular flexibility index (Phi) is 8.94. The van der Waals surface area contributed by atoms with Crippen LogP contribution < -0.4 is 9.50 Å². The van der Waals surface area contributed by atoms with Crippen molar-refractivity contribution in [1.29, 1.82) is 0 Å². The second-order valence-corrected chi connectivity index (χ2v) is 11.0. The molecule has 8 nitrogen and oxygen atoms in total. The molecular weight excluding hydrogens is 494 g/mol. The van der Waals surface area contributed by atoms with E-state index in [0.717, 1.165) is 11.1 Å². The van der Waals surface area contributed by atoms with Crippen molar-refractivity contribution < 1.29 is 31.7 Å². The normalized spacial score (nSPS) is 12.3. The molecule has 37 heavy (non-hydrogen) atoms. The first-order chi connectivity index (χ1) is 17.4. The first kappa shape index (κ1) is 27.7. The van der Waals surface area contributed by atoms with Gasteiger partial charge in [-0.25, -0.2) is 4.79 Å². The van der Waals surface area contributed by atoms with E-state index in [1.54, 1.807) is 45.0 Å². The van der Waals surface area contributed by atoms with Crippen molar-refractivity contribution >= 4 is 22.2 Å². The maximum absolute atomic E-state index is 13.1. The van der Waals surface area contributed by atoms with Gasteiger partial charge in [0.2, 0.25) is 0 Å². The van der Waals surface area contributed by atoms with Crippen molar-refractivity contribution in [2.75, 3.05) is 6.54 Å². The molecule has 3 aromatic carbocycles. The third kappa shape index (κ3) is 8.64. The highest BCUT2D eigenvalue weighted by Gasteiger charge is 2.26. The van der Waals surface area contributed by atoms with Gasteiger partial charge in [-0.05, 0) is 63.1 Å². The van der Waals surface area contributed by atoms with E-state index in [1.807, 2.05) is 37.3 Å². The lowest BCUT2D eigenvalue weighted by atomic mass is 9.99. The number of hydrogen-bond donors (Lipinski definition) is 1. The van der Waals surface area contributed by atoms with Crippen molar-refractivity contribution in [2.45, 2.75) is 50.7 Å². The fraction of sp³-hybridized carbons (Fsp3) is 0.286. The highest BCUT2D eigenvalue weighted by molar-refractivity contribution is 7.87. The summed E-state index contributed by atoms with van der Waals surface area (Å²) < 4.78 is 41.6. The van der Waals surface area contributed by atoms with Gasteiger partial charge in [-0.3, -0.25) is 4.79 Å². The van der Waals surface area contributed by atoms with Gasteiger partial charge in [0.05, 0.1) is 5.92 Å². The Labute approximate surface area is 217 Å². The van der Waals surface area contributed by atoms with Crippen molar-refractivity contribution in [2.24, 2.45) is 0 Å². The van der Waals surface area contributed by atoms with E-state index in [2.05, 4.69) is 5.32 Å². The van der Waals surface area contributed by atoms with Crippen molar-refractivity contribution in [3.63, 3.8) is 0 Å². The molecule has 3 rings (SSSR count). The highest BCUT2D eigenvalue weighted by Crippen LogP contribution is 2.25. The molecule has 0 bridgehead atoms. The van der Waals surface area contributed by atoms with Gasteiger partial charge in [-0.15, -0.1) is 0 Å². The van der Waals surface area contributed by atoms with Gasteiger partial charge in [-0.2, -0.15) is 8.42 Å². The lowest BCUT2D eigenvalue weighted by Crippen LogP contribution is -2.36. The number of alkyl carbamates (subject to hydrolysis) is 1. The smallest absolute Gasteiger partial charge is 0.407 e. The summed E-state index contributed by atoms with van der Waals surface area (Å²) in [7, 11) is -4.09. The molecule has 0 aromatic heterocycles. The first-order valence-electron chi connectivity index (χ1n) is 11.7. The first-order valence-corrected chi connectivity index (χ1v) is 13.1. The van der Waals surface area contributed by atoms with E-state index in [0.29, 0.717) is 5.56 Å². The quantitative estimate of drug-likeness (QED) is 0.305. The molecule has 9 heteroatoms. The largest absolute Gasteiger partial charge is 0.460 e. The molecule has 0 fully saturated rings. The second-order valence-electron chi connectivity index (χ2n) is 9.45. The molecule has 0 aliphatic heterocycles. The topological polar surface area (TPSA) is 108 Å². The lowest BCUT2D eigenvalue weighted by molar-refractivity contribution is -0.146. The lowest BCUT2D eigenvalue weighted by Gasteiger charge is -2.22. The number of hydrogen-bond acceptors (Lipinski definition) is 7. The van der Waals surface area contributed by atoms with Crippen LogP contribution in [0.5, 0.6) is 5.75 Å². The summed E-state index contributed by atoms with van der Waals surface area (Å²) in [6, 6.07) is 21.6. The van der Waals surface area contributed by atoms with Crippen LogP contribution in [0.2, 0.25) is 0 Å². The summed E-state index contributed by atoms with van der Waals surface area (Å²) in [5, 5.41) is 2.59. The third-order valence-electron chi connectivity index (χ3n) is 5.13. The monoisotopic (exact) mass is 525 g/mol. The van der Waals surface area contributed by atoms with Crippen LogP contribution in [0.25, 0.3) is 0 Å². The maximum atomic E-state index is 13.1. The fourth-order valence-electron chi connectivity index (χ4n) is 3.33. The molecule has 0 saturated heterocycles. The average molecular weight is 526 g/mol. The van der Waals surface area contributed by atoms with Crippen LogP contribution in [-0.4, -0.2) is 32.6 Å². The van der Waals surface area contributed by atoms with Gasteiger partial charge in [0.25, 0.3) is 0 Å². The SMILES string of the molecule is Cc1ccc(S(=O)(=O)Oc2cccc(C(CNC(=O)OC(C)(C)C)C(=O)OCc3ccccc3)c2)cc1. The zero-order valence-corrected chi connectivity index (χ0v) is 22.1. The summed E-state index contributed by atoms with van der Waals surface area (Å²) in [6.45, 7) is 6.95. The maximum Gasteiger partial charge on any atom is 0.407 e. The molecule has 3 aromatic rings. The molecule has 0 aliphatic rings. The van der Waals surface area contributed by atoms with Crippen LogP contribution in [0.1, 0.15) is 43.4 Å². The van der Waals surface area contributed by atoms with Crippen LogP contribution in [0.15, 0.2) is 83.8 Å².